The molecule has 2 rings (SSSR count). The molecule has 0 saturated heterocycles. The maximum atomic E-state index is 8.00. The van der Waals surface area contributed by atoms with Gasteiger partial charge in [0.15, 0.2) is 0 Å². The number of hydrogen-bond donors (Lipinski definition) is 0. The van der Waals surface area contributed by atoms with Crippen LogP contribution in [0.3, 0.4) is 0 Å². The van der Waals surface area contributed by atoms with Gasteiger partial charge in [-0.15, -0.1) is 0 Å². The molecule has 0 atom stereocenters. The van der Waals surface area contributed by atoms with E-state index in [1.807, 2.05) is 55.3 Å². The number of carbonyl (C=O) groups excluding carboxylic acids is 1. The van der Waals surface area contributed by atoms with Gasteiger partial charge in [0, 0.05) is 0 Å². The first-order valence-electron chi connectivity index (χ1n) is 5.45. The molecule has 0 radical (unpaired) electrons. The summed E-state index contributed by atoms with van der Waals surface area (Å²) in [6.45, 7) is 4.05. The molecule has 0 spiro atoms. The number of methoxy groups -OCH3 is 1. The zero-order chi connectivity index (χ0) is 13.4. The summed E-state index contributed by atoms with van der Waals surface area (Å²) in [6.07, 6.45) is 0. The Labute approximate surface area is 107 Å². The molecule has 2 aromatic rings. The minimum Gasteiger partial charge on any atom is -0.497 e. The van der Waals surface area contributed by atoms with E-state index in [1.54, 1.807) is 7.11 Å². The second-order valence-electron chi connectivity index (χ2n) is 3.59. The molecule has 0 heterocycles. The first-order chi connectivity index (χ1) is 8.78. The third-order valence-corrected chi connectivity index (χ3v) is 2.32. The standard InChI is InChI=1S/C14H14O2.CH2O/c1-11-3-5-13(6-4-11)16-14-9-7-12(15-2)8-10-14;1-2/h3-10H,1-2H3;1H2. The molecule has 3 nitrogen and oxygen atoms in total. The van der Waals surface area contributed by atoms with Crippen molar-refractivity contribution in [3.8, 4) is 17.2 Å². The van der Waals surface area contributed by atoms with Gasteiger partial charge in [-0.25, -0.2) is 0 Å². The molecule has 0 aromatic heterocycles. The predicted molar refractivity (Wildman–Crippen MR) is 71.4 cm³/mol. The van der Waals surface area contributed by atoms with Crippen molar-refractivity contribution < 1.29 is 14.3 Å². The molecule has 0 unspecified atom stereocenters. The van der Waals surface area contributed by atoms with Crippen molar-refractivity contribution in [1.29, 1.82) is 0 Å². The molecule has 0 amide bonds. The minimum atomic E-state index is 0.810. The van der Waals surface area contributed by atoms with Crippen LogP contribution in [0.4, 0.5) is 0 Å². The molecule has 0 fully saturated rings. The highest BCUT2D eigenvalue weighted by Crippen LogP contribution is 2.23. The Hall–Kier alpha value is -2.29. The lowest BCUT2D eigenvalue weighted by atomic mass is 10.2. The van der Waals surface area contributed by atoms with Gasteiger partial charge in [0.1, 0.15) is 24.0 Å². The summed E-state index contributed by atoms with van der Waals surface area (Å²) in [7, 11) is 1.65. The number of aryl methyl sites for hydroxylation is 1. The highest BCUT2D eigenvalue weighted by atomic mass is 16.5. The first-order valence-corrected chi connectivity index (χ1v) is 5.45. The molecule has 18 heavy (non-hydrogen) atoms. The summed E-state index contributed by atoms with van der Waals surface area (Å²) in [5, 5.41) is 0. The Bertz CT molecular complexity index is 460. The van der Waals surface area contributed by atoms with E-state index in [9.17, 15) is 0 Å². The van der Waals surface area contributed by atoms with Crippen molar-refractivity contribution in [1.82, 2.24) is 0 Å². The van der Waals surface area contributed by atoms with Crippen LogP contribution in [0.25, 0.3) is 0 Å². The summed E-state index contributed by atoms with van der Waals surface area (Å²) < 4.78 is 10.8. The zero-order valence-electron chi connectivity index (χ0n) is 10.6. The lowest BCUT2D eigenvalue weighted by Crippen LogP contribution is -1.85. The SMILES string of the molecule is C=O.COc1ccc(Oc2ccc(C)cc2)cc1. The quantitative estimate of drug-likeness (QED) is 0.827. The molecule has 3 heteroatoms. The van der Waals surface area contributed by atoms with Gasteiger partial charge in [-0.3, -0.25) is 0 Å². The van der Waals surface area contributed by atoms with Gasteiger partial charge < -0.3 is 14.3 Å². The Morgan fingerprint density at radius 3 is 1.61 bits per heavy atom. The van der Waals surface area contributed by atoms with Crippen LogP contribution in [0.5, 0.6) is 17.2 Å². The molecule has 94 valence electrons. The maximum absolute atomic E-state index is 8.00. The Morgan fingerprint density at radius 2 is 1.17 bits per heavy atom. The van der Waals surface area contributed by atoms with E-state index in [0.29, 0.717) is 0 Å². The Kier molecular flexibility index (Phi) is 5.45. The normalized spacial score (nSPS) is 9.00. The fourth-order valence-corrected chi connectivity index (χ4v) is 1.39. The van der Waals surface area contributed by atoms with Gasteiger partial charge in [-0.05, 0) is 43.3 Å². The predicted octanol–water partition coefficient (Wildman–Crippen LogP) is 3.61. The van der Waals surface area contributed by atoms with Gasteiger partial charge in [-0.1, -0.05) is 17.7 Å². The van der Waals surface area contributed by atoms with Gasteiger partial charge >= 0.3 is 0 Å². The number of benzene rings is 2. The zero-order valence-corrected chi connectivity index (χ0v) is 10.6. The molecule has 0 saturated carbocycles. The second kappa shape index (κ2) is 7.12. The third kappa shape index (κ3) is 3.94. The van der Waals surface area contributed by atoms with Crippen molar-refractivity contribution in [3.63, 3.8) is 0 Å². The largest absolute Gasteiger partial charge is 0.497 e. The van der Waals surface area contributed by atoms with Crippen molar-refractivity contribution in [3.05, 3.63) is 54.1 Å². The summed E-state index contributed by atoms with van der Waals surface area (Å²) >= 11 is 0. The molecular weight excluding hydrogens is 228 g/mol. The monoisotopic (exact) mass is 244 g/mol. The number of ether oxygens (including phenoxy) is 2. The average Bonchev–Trinajstić information content (AvgIpc) is 2.44. The van der Waals surface area contributed by atoms with Gasteiger partial charge in [0.25, 0.3) is 0 Å². The average molecular weight is 244 g/mol. The van der Waals surface area contributed by atoms with E-state index in [1.165, 1.54) is 5.56 Å². The van der Waals surface area contributed by atoms with Crippen molar-refractivity contribution >= 4 is 6.79 Å². The van der Waals surface area contributed by atoms with E-state index in [2.05, 4.69) is 6.92 Å². The number of hydrogen-bond acceptors (Lipinski definition) is 3. The van der Waals surface area contributed by atoms with Gasteiger partial charge in [-0.2, -0.15) is 0 Å². The van der Waals surface area contributed by atoms with Crippen LogP contribution in [0, 0.1) is 6.92 Å². The molecule has 0 aliphatic carbocycles. The van der Waals surface area contributed by atoms with E-state index in [4.69, 9.17) is 14.3 Å². The van der Waals surface area contributed by atoms with E-state index >= 15 is 0 Å². The third-order valence-electron chi connectivity index (χ3n) is 2.32. The topological polar surface area (TPSA) is 35.5 Å². The fraction of sp³-hybridized carbons (Fsp3) is 0.133. The van der Waals surface area contributed by atoms with Crippen LogP contribution in [-0.4, -0.2) is 13.9 Å². The lowest BCUT2D eigenvalue weighted by molar-refractivity contribution is -0.0979. The number of carbonyl (C=O) groups is 1. The van der Waals surface area contributed by atoms with Crippen molar-refractivity contribution in [2.45, 2.75) is 6.92 Å². The van der Waals surface area contributed by atoms with Crippen LogP contribution in [0.15, 0.2) is 48.5 Å². The smallest absolute Gasteiger partial charge is 0.127 e. The number of rotatable bonds is 3. The molecule has 0 N–H and O–H groups in total. The summed E-state index contributed by atoms with van der Waals surface area (Å²) in [4.78, 5) is 8.00. The lowest BCUT2D eigenvalue weighted by Gasteiger charge is -2.06. The summed E-state index contributed by atoms with van der Waals surface area (Å²) in [5.41, 5.74) is 1.22. The molecular formula is C15H16O3. The minimum absolute atomic E-state index is 0.810. The van der Waals surface area contributed by atoms with Crippen LogP contribution in [-0.2, 0) is 4.79 Å². The molecule has 0 bridgehead atoms. The first kappa shape index (κ1) is 13.8. The maximum Gasteiger partial charge on any atom is 0.127 e. The van der Waals surface area contributed by atoms with Crippen LogP contribution in [0.1, 0.15) is 5.56 Å². The van der Waals surface area contributed by atoms with Crippen molar-refractivity contribution in [2.24, 2.45) is 0 Å². The van der Waals surface area contributed by atoms with Crippen molar-refractivity contribution in [2.75, 3.05) is 7.11 Å². The van der Waals surface area contributed by atoms with Crippen LogP contribution < -0.4 is 9.47 Å². The molecule has 2 aromatic carbocycles. The summed E-state index contributed by atoms with van der Waals surface area (Å²) in [6, 6.07) is 15.5. The fourth-order valence-electron chi connectivity index (χ4n) is 1.39. The van der Waals surface area contributed by atoms with E-state index in [0.717, 1.165) is 17.2 Å². The van der Waals surface area contributed by atoms with E-state index in [-0.39, 0.29) is 0 Å². The highest BCUT2D eigenvalue weighted by Gasteiger charge is 1.97. The Morgan fingerprint density at radius 1 is 0.778 bits per heavy atom. The van der Waals surface area contributed by atoms with Gasteiger partial charge in [0.2, 0.25) is 0 Å². The van der Waals surface area contributed by atoms with Gasteiger partial charge in [0.05, 0.1) is 7.11 Å². The molecule has 0 aliphatic rings. The van der Waals surface area contributed by atoms with E-state index < -0.39 is 0 Å². The second-order valence-corrected chi connectivity index (χ2v) is 3.59. The highest BCUT2D eigenvalue weighted by molar-refractivity contribution is 5.36. The van der Waals surface area contributed by atoms with Crippen LogP contribution >= 0.6 is 0 Å². The molecule has 0 aliphatic heterocycles. The van der Waals surface area contributed by atoms with Crippen LogP contribution in [0.2, 0.25) is 0 Å². The Balaban J connectivity index is 0.000000771. The summed E-state index contributed by atoms with van der Waals surface area (Å²) in [5.74, 6) is 2.48.